The highest BCUT2D eigenvalue weighted by Crippen LogP contribution is 2.06. The molecule has 2 heterocycles. The van der Waals surface area contributed by atoms with E-state index in [1.165, 1.54) is 0 Å². The molecule has 6 amide bonds. The van der Waals surface area contributed by atoms with Gasteiger partial charge in [0.25, 0.3) is 0 Å². The van der Waals surface area contributed by atoms with E-state index in [4.69, 9.17) is 0 Å². The van der Waals surface area contributed by atoms with Crippen LogP contribution in [-0.2, 0) is 22.4 Å². The zero-order chi connectivity index (χ0) is 22.3. The maximum atomic E-state index is 11.8. The molecule has 0 aromatic carbocycles. The molecule has 0 aliphatic carbocycles. The van der Waals surface area contributed by atoms with E-state index in [1.54, 1.807) is 22.7 Å². The average molecular weight is 465 g/mol. The fraction of sp³-hybridized carbons (Fsp3) is 0.429. The molecule has 10 heteroatoms. The van der Waals surface area contributed by atoms with Gasteiger partial charge >= 0.3 is 12.1 Å². The summed E-state index contributed by atoms with van der Waals surface area (Å²) in [5.41, 5.74) is 2.30. The van der Waals surface area contributed by atoms with E-state index < -0.39 is 12.1 Å². The number of carbonyl (C=O) groups excluding carboxylic acids is 4. The lowest BCUT2D eigenvalue weighted by Crippen LogP contribution is -2.40. The van der Waals surface area contributed by atoms with E-state index >= 15 is 0 Å². The van der Waals surface area contributed by atoms with Gasteiger partial charge in [-0.3, -0.25) is 20.2 Å². The molecule has 0 saturated heterocycles. The van der Waals surface area contributed by atoms with Crippen LogP contribution >= 0.6 is 22.7 Å². The first-order valence-corrected chi connectivity index (χ1v) is 12.1. The number of carbonyl (C=O) groups is 4. The SMILES string of the molecule is O=C(CCCCCC(=O)NC(=O)NCCc1ccsc1)NC(=O)NCCc1ccsc1. The van der Waals surface area contributed by atoms with E-state index in [-0.39, 0.29) is 24.7 Å². The quantitative estimate of drug-likeness (QED) is 0.361. The molecular formula is C21H28N4O4S2. The van der Waals surface area contributed by atoms with Crippen molar-refractivity contribution in [2.24, 2.45) is 0 Å². The number of rotatable bonds is 12. The van der Waals surface area contributed by atoms with Crippen LogP contribution in [0.5, 0.6) is 0 Å². The second-order valence-corrected chi connectivity index (χ2v) is 8.49. The van der Waals surface area contributed by atoms with Gasteiger partial charge in [-0.05, 0) is 70.5 Å². The monoisotopic (exact) mass is 464 g/mol. The molecule has 0 unspecified atom stereocenters. The van der Waals surface area contributed by atoms with E-state index in [0.29, 0.717) is 32.4 Å². The van der Waals surface area contributed by atoms with Gasteiger partial charge < -0.3 is 10.6 Å². The Bertz CT molecular complexity index is 754. The minimum Gasteiger partial charge on any atom is -0.337 e. The van der Waals surface area contributed by atoms with E-state index in [1.807, 2.05) is 33.7 Å². The van der Waals surface area contributed by atoms with Crippen molar-refractivity contribution in [3.8, 4) is 0 Å². The molecular weight excluding hydrogens is 436 g/mol. The van der Waals surface area contributed by atoms with Crippen molar-refractivity contribution in [1.82, 2.24) is 21.3 Å². The van der Waals surface area contributed by atoms with Crippen LogP contribution in [0, 0.1) is 0 Å². The summed E-state index contributed by atoms with van der Waals surface area (Å²) in [5.74, 6) is -0.690. The van der Waals surface area contributed by atoms with E-state index in [2.05, 4.69) is 21.3 Å². The number of hydrogen-bond donors (Lipinski definition) is 4. The van der Waals surface area contributed by atoms with Gasteiger partial charge in [0.05, 0.1) is 0 Å². The summed E-state index contributed by atoms with van der Waals surface area (Å²) in [5, 5.41) is 17.9. The fourth-order valence-electron chi connectivity index (χ4n) is 2.73. The zero-order valence-electron chi connectivity index (χ0n) is 17.3. The van der Waals surface area contributed by atoms with Gasteiger partial charge in [0, 0.05) is 25.9 Å². The van der Waals surface area contributed by atoms with Crippen LogP contribution in [0.1, 0.15) is 43.2 Å². The summed E-state index contributed by atoms with van der Waals surface area (Å²) in [6.07, 6.45) is 3.65. The molecule has 0 bridgehead atoms. The first kappa shape index (κ1) is 24.5. The van der Waals surface area contributed by atoms with Crippen molar-refractivity contribution in [2.75, 3.05) is 13.1 Å². The maximum Gasteiger partial charge on any atom is 0.321 e. The largest absolute Gasteiger partial charge is 0.337 e. The molecule has 0 aliphatic rings. The number of unbranched alkanes of at least 4 members (excludes halogenated alkanes) is 2. The highest BCUT2D eigenvalue weighted by molar-refractivity contribution is 7.08. The Kier molecular flexibility index (Phi) is 11.3. The lowest BCUT2D eigenvalue weighted by Gasteiger charge is -2.07. The normalized spacial score (nSPS) is 10.3. The van der Waals surface area contributed by atoms with Crippen molar-refractivity contribution in [3.63, 3.8) is 0 Å². The van der Waals surface area contributed by atoms with Crippen molar-refractivity contribution >= 4 is 46.6 Å². The van der Waals surface area contributed by atoms with Crippen molar-refractivity contribution < 1.29 is 19.2 Å². The van der Waals surface area contributed by atoms with Crippen molar-refractivity contribution in [2.45, 2.75) is 44.9 Å². The van der Waals surface area contributed by atoms with Crippen LogP contribution in [0.2, 0.25) is 0 Å². The van der Waals surface area contributed by atoms with Gasteiger partial charge in [0.1, 0.15) is 0 Å². The summed E-state index contributed by atoms with van der Waals surface area (Å²) in [4.78, 5) is 46.9. The van der Waals surface area contributed by atoms with Gasteiger partial charge in [0.15, 0.2) is 0 Å². The van der Waals surface area contributed by atoms with Crippen LogP contribution in [0.4, 0.5) is 9.59 Å². The lowest BCUT2D eigenvalue weighted by molar-refractivity contribution is -0.120. The van der Waals surface area contributed by atoms with Gasteiger partial charge in [-0.25, -0.2) is 9.59 Å². The van der Waals surface area contributed by atoms with E-state index in [9.17, 15) is 19.2 Å². The minimum atomic E-state index is -0.496. The van der Waals surface area contributed by atoms with Gasteiger partial charge in [-0.2, -0.15) is 22.7 Å². The predicted molar refractivity (Wildman–Crippen MR) is 122 cm³/mol. The molecule has 0 radical (unpaired) electrons. The number of thiophene rings is 2. The average Bonchev–Trinajstić information content (AvgIpc) is 3.42. The number of nitrogens with one attached hydrogen (secondary N) is 4. The summed E-state index contributed by atoms with van der Waals surface area (Å²) < 4.78 is 0. The van der Waals surface area contributed by atoms with Crippen LogP contribution in [0.3, 0.4) is 0 Å². The number of hydrogen-bond acceptors (Lipinski definition) is 6. The Morgan fingerprint density at radius 3 is 1.52 bits per heavy atom. The van der Waals surface area contributed by atoms with Crippen LogP contribution < -0.4 is 21.3 Å². The highest BCUT2D eigenvalue weighted by atomic mass is 32.1. The molecule has 2 rings (SSSR count). The second kappa shape index (κ2) is 14.3. The topological polar surface area (TPSA) is 116 Å². The zero-order valence-corrected chi connectivity index (χ0v) is 18.9. The van der Waals surface area contributed by atoms with Crippen molar-refractivity contribution in [1.29, 1.82) is 0 Å². The van der Waals surface area contributed by atoms with Crippen LogP contribution in [0.25, 0.3) is 0 Å². The Hall–Kier alpha value is -2.72. The second-order valence-electron chi connectivity index (χ2n) is 6.93. The Morgan fingerprint density at radius 1 is 0.677 bits per heavy atom. The molecule has 2 aromatic heterocycles. The standard InChI is InChI=1S/C21H28N4O4S2/c26-18(24-20(28)22-10-6-16-8-12-30-14-16)4-2-1-3-5-19(27)25-21(29)23-11-7-17-9-13-31-15-17/h8-9,12-15H,1-7,10-11H2,(H2,22,24,26,28)(H2,23,25,27,29). The van der Waals surface area contributed by atoms with Crippen LogP contribution in [0.15, 0.2) is 33.7 Å². The molecule has 31 heavy (non-hydrogen) atoms. The molecule has 0 saturated carbocycles. The summed E-state index contributed by atoms with van der Waals surface area (Å²) in [7, 11) is 0. The Balaban J connectivity index is 1.43. The predicted octanol–water partition coefficient (Wildman–Crippen LogP) is 3.20. The maximum absolute atomic E-state index is 11.8. The van der Waals surface area contributed by atoms with Crippen molar-refractivity contribution in [3.05, 3.63) is 44.8 Å². The number of imide groups is 2. The molecule has 0 atom stereocenters. The van der Waals surface area contributed by atoms with Gasteiger partial charge in [-0.15, -0.1) is 0 Å². The third-order valence-electron chi connectivity index (χ3n) is 4.37. The first-order chi connectivity index (χ1) is 15.0. The Morgan fingerprint density at radius 2 is 1.13 bits per heavy atom. The third-order valence-corrected chi connectivity index (χ3v) is 5.84. The number of amides is 6. The summed E-state index contributed by atoms with van der Waals surface area (Å²) in [6, 6.07) is 3.00. The third kappa shape index (κ3) is 11.3. The molecule has 4 N–H and O–H groups in total. The molecule has 168 valence electrons. The highest BCUT2D eigenvalue weighted by Gasteiger charge is 2.09. The van der Waals surface area contributed by atoms with Crippen LogP contribution in [-0.4, -0.2) is 37.0 Å². The summed E-state index contributed by atoms with van der Waals surface area (Å²) >= 11 is 3.20. The lowest BCUT2D eigenvalue weighted by atomic mass is 10.1. The first-order valence-electron chi connectivity index (χ1n) is 10.2. The van der Waals surface area contributed by atoms with Gasteiger partial charge in [-0.1, -0.05) is 6.42 Å². The molecule has 2 aromatic rings. The Labute approximate surface area is 189 Å². The molecule has 0 fully saturated rings. The number of urea groups is 2. The molecule has 0 aliphatic heterocycles. The van der Waals surface area contributed by atoms with Gasteiger partial charge in [0.2, 0.25) is 11.8 Å². The summed E-state index contributed by atoms with van der Waals surface area (Å²) in [6.45, 7) is 0.930. The molecule has 0 spiro atoms. The fourth-order valence-corrected chi connectivity index (χ4v) is 4.13. The minimum absolute atomic E-state index is 0.211. The smallest absolute Gasteiger partial charge is 0.321 e. The molecule has 8 nitrogen and oxygen atoms in total. The van der Waals surface area contributed by atoms with E-state index in [0.717, 1.165) is 24.0 Å².